The van der Waals surface area contributed by atoms with Crippen LogP contribution in [0.15, 0.2) is 159 Å². The Hall–Kier alpha value is -6.32. The van der Waals surface area contributed by atoms with E-state index in [2.05, 4.69) is 121 Å². The molecule has 0 fully saturated rings. The molecule has 3 nitrogen and oxygen atoms in total. The Labute approximate surface area is 267 Å². The van der Waals surface area contributed by atoms with Gasteiger partial charge in [-0.1, -0.05) is 97.1 Å². The third-order valence-corrected chi connectivity index (χ3v) is 9.87. The Morgan fingerprint density at radius 1 is 0.298 bits per heavy atom. The lowest BCUT2D eigenvalue weighted by Crippen LogP contribution is -1.84. The summed E-state index contributed by atoms with van der Waals surface area (Å²) in [4.78, 5) is 0. The fraction of sp³-hybridized carbons (Fsp3) is 0. The smallest absolute Gasteiger partial charge is 0.143 e. The number of benzene rings is 8. The average molecular weight is 601 g/mol. The first-order valence-corrected chi connectivity index (χ1v) is 15.9. The van der Waals surface area contributed by atoms with E-state index in [1.54, 1.807) is 0 Å². The zero-order valence-electron chi connectivity index (χ0n) is 25.1. The van der Waals surface area contributed by atoms with Crippen LogP contribution in [0.4, 0.5) is 0 Å². The van der Waals surface area contributed by atoms with Crippen molar-refractivity contribution in [2.45, 2.75) is 0 Å². The zero-order chi connectivity index (χ0) is 30.6. The van der Waals surface area contributed by atoms with Gasteiger partial charge in [0.25, 0.3) is 0 Å². The number of rotatable bonds is 2. The summed E-state index contributed by atoms with van der Waals surface area (Å²) in [5, 5.41) is 11.3. The molecule has 0 spiro atoms. The molecule has 0 radical (unpaired) electrons. The first-order chi connectivity index (χ1) is 23.3. The second kappa shape index (κ2) is 9.12. The van der Waals surface area contributed by atoms with Crippen LogP contribution in [0.25, 0.3) is 110 Å². The molecule has 0 bridgehead atoms. The van der Waals surface area contributed by atoms with Crippen molar-refractivity contribution in [3.05, 3.63) is 146 Å². The molecule has 0 amide bonds. The van der Waals surface area contributed by atoms with Gasteiger partial charge in [-0.2, -0.15) is 0 Å². The molecule has 8 aromatic carbocycles. The molecule has 3 heteroatoms. The van der Waals surface area contributed by atoms with Crippen LogP contribution < -0.4 is 0 Å². The maximum Gasteiger partial charge on any atom is 0.143 e. The van der Waals surface area contributed by atoms with Gasteiger partial charge in [-0.25, -0.2) is 0 Å². The van der Waals surface area contributed by atoms with Crippen molar-refractivity contribution in [2.24, 2.45) is 0 Å². The van der Waals surface area contributed by atoms with Crippen LogP contribution in [0.3, 0.4) is 0 Å². The van der Waals surface area contributed by atoms with E-state index in [1.807, 2.05) is 24.3 Å². The minimum atomic E-state index is 0.866. The standard InChI is InChI=1S/C44H24O3/c1-3-13-37-31(9-1)35-23-27(17-21-39(35)45-37)29-19-15-25-7-5-11-33-34-12-6-8-26-16-20-30(44(42(26)34)47-43(29)41(25)33)28-18-22-40-36(24-28)32-10-2-4-14-38(32)46-40/h1-24H. The molecule has 0 aliphatic carbocycles. The molecule has 218 valence electrons. The second-order valence-corrected chi connectivity index (χ2v) is 12.4. The van der Waals surface area contributed by atoms with Gasteiger partial charge in [-0.3, -0.25) is 0 Å². The molecule has 0 N–H and O–H groups in total. The van der Waals surface area contributed by atoms with Crippen molar-refractivity contribution in [2.75, 3.05) is 0 Å². The fourth-order valence-electron chi connectivity index (χ4n) is 7.70. The highest BCUT2D eigenvalue weighted by Crippen LogP contribution is 2.44. The Morgan fingerprint density at radius 2 is 0.745 bits per heavy atom. The zero-order valence-corrected chi connectivity index (χ0v) is 25.1. The lowest BCUT2D eigenvalue weighted by Gasteiger charge is -2.09. The lowest BCUT2D eigenvalue weighted by atomic mass is 9.94. The summed E-state index contributed by atoms with van der Waals surface area (Å²) < 4.78 is 19.7. The molecule has 3 heterocycles. The fourth-order valence-corrected chi connectivity index (χ4v) is 7.70. The molecule has 47 heavy (non-hydrogen) atoms. The minimum Gasteiger partial charge on any atom is -0.456 e. The minimum absolute atomic E-state index is 0.866. The highest BCUT2D eigenvalue weighted by atomic mass is 16.3. The molecule has 0 saturated carbocycles. The Morgan fingerprint density at radius 3 is 1.26 bits per heavy atom. The van der Waals surface area contributed by atoms with Crippen molar-refractivity contribution < 1.29 is 13.3 Å². The van der Waals surface area contributed by atoms with Crippen LogP contribution in [-0.4, -0.2) is 0 Å². The summed E-state index contributed by atoms with van der Waals surface area (Å²) in [5.74, 6) is 0. The van der Waals surface area contributed by atoms with Crippen LogP contribution in [0.1, 0.15) is 0 Å². The Kier molecular flexibility index (Phi) is 4.84. The molecule has 0 aliphatic heterocycles. The molecule has 0 unspecified atom stereocenters. The van der Waals surface area contributed by atoms with Gasteiger partial charge in [0.2, 0.25) is 0 Å². The number of hydrogen-bond donors (Lipinski definition) is 0. The SMILES string of the molecule is c1ccc2c(c1)oc1ccc(-c3ccc4cccc5c6cccc7ccc(-c8ccc9oc%10ccccc%10c9c8)c(oc3c45)c76)cc12. The second-order valence-electron chi connectivity index (χ2n) is 12.4. The van der Waals surface area contributed by atoms with E-state index in [-0.39, 0.29) is 0 Å². The van der Waals surface area contributed by atoms with E-state index in [0.717, 1.165) is 98.8 Å². The molecule has 0 atom stereocenters. The van der Waals surface area contributed by atoms with Crippen LogP contribution in [0.2, 0.25) is 0 Å². The number of para-hydroxylation sites is 2. The van der Waals surface area contributed by atoms with Gasteiger partial charge in [0.05, 0.1) is 0 Å². The molecular weight excluding hydrogens is 576 g/mol. The highest BCUT2D eigenvalue weighted by Gasteiger charge is 2.19. The summed E-state index contributed by atoms with van der Waals surface area (Å²) in [6.07, 6.45) is 0. The highest BCUT2D eigenvalue weighted by molar-refractivity contribution is 6.26. The lowest BCUT2D eigenvalue weighted by molar-refractivity contribution is 0.665. The Bertz CT molecular complexity index is 2870. The van der Waals surface area contributed by atoms with E-state index < -0.39 is 0 Å². The summed E-state index contributed by atoms with van der Waals surface area (Å²) >= 11 is 0. The third-order valence-electron chi connectivity index (χ3n) is 9.87. The van der Waals surface area contributed by atoms with Crippen molar-refractivity contribution in [3.8, 4) is 22.3 Å². The van der Waals surface area contributed by atoms with E-state index >= 15 is 0 Å². The van der Waals surface area contributed by atoms with Crippen LogP contribution in [0.5, 0.6) is 0 Å². The number of furan rings is 2. The topological polar surface area (TPSA) is 39.4 Å². The molecular formula is C44H24O3. The quantitative estimate of drug-likeness (QED) is 0.198. The summed E-state index contributed by atoms with van der Waals surface area (Å²) in [7, 11) is 0. The third kappa shape index (κ3) is 3.46. The van der Waals surface area contributed by atoms with E-state index in [9.17, 15) is 0 Å². The predicted octanol–water partition coefficient (Wildman–Crippen LogP) is 13.0. The predicted molar refractivity (Wildman–Crippen MR) is 194 cm³/mol. The Balaban J connectivity index is 1.28. The van der Waals surface area contributed by atoms with Gasteiger partial charge in [0.15, 0.2) is 0 Å². The molecule has 11 rings (SSSR count). The van der Waals surface area contributed by atoms with Crippen LogP contribution >= 0.6 is 0 Å². The largest absolute Gasteiger partial charge is 0.456 e. The van der Waals surface area contributed by atoms with Gasteiger partial charge in [-0.15, -0.1) is 0 Å². The normalized spacial score (nSPS) is 12.3. The van der Waals surface area contributed by atoms with Gasteiger partial charge < -0.3 is 13.3 Å². The van der Waals surface area contributed by atoms with Gasteiger partial charge >= 0.3 is 0 Å². The number of fused-ring (bicyclic) bond motifs is 7. The first-order valence-electron chi connectivity index (χ1n) is 15.9. The molecule has 11 aromatic rings. The molecule has 0 aliphatic rings. The van der Waals surface area contributed by atoms with Crippen LogP contribution in [-0.2, 0) is 0 Å². The summed E-state index contributed by atoms with van der Waals surface area (Å²) in [5.41, 5.74) is 9.54. The average Bonchev–Trinajstić information content (AvgIpc) is 3.64. The maximum atomic E-state index is 7.33. The van der Waals surface area contributed by atoms with Gasteiger partial charge in [-0.05, 0) is 81.2 Å². The van der Waals surface area contributed by atoms with Gasteiger partial charge in [0.1, 0.15) is 33.5 Å². The molecule has 0 saturated heterocycles. The van der Waals surface area contributed by atoms with E-state index in [0.29, 0.717) is 0 Å². The van der Waals surface area contributed by atoms with Gasteiger partial charge in [0, 0.05) is 43.4 Å². The van der Waals surface area contributed by atoms with Crippen molar-refractivity contribution >= 4 is 87.4 Å². The monoisotopic (exact) mass is 600 g/mol. The van der Waals surface area contributed by atoms with E-state index in [4.69, 9.17) is 13.3 Å². The molecule has 3 aromatic heterocycles. The first kappa shape index (κ1) is 24.9. The van der Waals surface area contributed by atoms with Crippen molar-refractivity contribution in [1.82, 2.24) is 0 Å². The maximum absolute atomic E-state index is 7.33. The summed E-state index contributed by atoms with van der Waals surface area (Å²) in [6.45, 7) is 0. The summed E-state index contributed by atoms with van der Waals surface area (Å²) in [6, 6.07) is 51.3. The van der Waals surface area contributed by atoms with Crippen molar-refractivity contribution in [3.63, 3.8) is 0 Å². The van der Waals surface area contributed by atoms with Crippen LogP contribution in [0, 0.1) is 0 Å². The van der Waals surface area contributed by atoms with E-state index in [1.165, 1.54) is 10.8 Å². The number of hydrogen-bond acceptors (Lipinski definition) is 3. The van der Waals surface area contributed by atoms with Crippen molar-refractivity contribution in [1.29, 1.82) is 0 Å².